The molecule has 0 spiro atoms. The van der Waals surface area contributed by atoms with E-state index in [4.69, 9.17) is 0 Å². The second-order valence-electron chi connectivity index (χ2n) is 6.15. The zero-order chi connectivity index (χ0) is 16.5. The number of hydrogen-bond donors (Lipinski definition) is 0. The number of likely N-dealkylation sites (tertiary alicyclic amines) is 1. The first-order valence-corrected chi connectivity index (χ1v) is 8.20. The van der Waals surface area contributed by atoms with E-state index in [1.54, 1.807) is 12.1 Å². The summed E-state index contributed by atoms with van der Waals surface area (Å²) in [5, 5.41) is 0. The third-order valence-corrected chi connectivity index (χ3v) is 4.49. The van der Waals surface area contributed by atoms with E-state index < -0.39 is 0 Å². The number of benzene rings is 1. The Labute approximate surface area is 139 Å². The lowest BCUT2D eigenvalue weighted by atomic mass is 10.1. The van der Waals surface area contributed by atoms with Gasteiger partial charge in [-0.15, -0.1) is 0 Å². The molecule has 3 aliphatic heterocycles. The molecular weight excluding hydrogens is 305 g/mol. The number of carbonyl (C=O) groups is 1. The van der Waals surface area contributed by atoms with Crippen LogP contribution < -0.4 is 0 Å². The summed E-state index contributed by atoms with van der Waals surface area (Å²) >= 11 is 0. The monoisotopic (exact) mass is 323 g/mol. The van der Waals surface area contributed by atoms with Gasteiger partial charge in [0, 0.05) is 30.4 Å². The summed E-state index contributed by atoms with van der Waals surface area (Å²) in [4.78, 5) is 19.0. The van der Waals surface area contributed by atoms with E-state index >= 15 is 0 Å². The fraction of sp³-hybridized carbons (Fsp3) is 0.263. The third kappa shape index (κ3) is 2.77. The maximum Gasteiger partial charge on any atom is 0.242 e. The Bertz CT molecular complexity index is 834. The van der Waals surface area contributed by atoms with Crippen LogP contribution in [-0.2, 0) is 11.3 Å². The van der Waals surface area contributed by atoms with Gasteiger partial charge in [-0.1, -0.05) is 0 Å². The molecule has 4 rings (SSSR count). The lowest BCUT2D eigenvalue weighted by molar-refractivity contribution is -0.130. The van der Waals surface area contributed by atoms with E-state index in [-0.39, 0.29) is 11.7 Å². The fourth-order valence-corrected chi connectivity index (χ4v) is 3.21. The standard InChI is InChI=1S/C19H18FN3O/c20-16-7-5-14(6-8-16)17-12-15-4-3-11-23(19(15)21-17)13-18(24)22-9-1-2-10-22/h3-8,11-12H,1-2,9-10,13H2. The predicted octanol–water partition coefficient (Wildman–Crippen LogP) is 3.42. The summed E-state index contributed by atoms with van der Waals surface area (Å²) in [6.07, 6.45) is 4.06. The summed E-state index contributed by atoms with van der Waals surface area (Å²) in [5.41, 5.74) is 2.63. The Morgan fingerprint density at radius 1 is 1.08 bits per heavy atom. The molecule has 0 atom stereocenters. The minimum Gasteiger partial charge on any atom is -0.341 e. The van der Waals surface area contributed by atoms with Crippen molar-refractivity contribution >= 4 is 5.91 Å². The van der Waals surface area contributed by atoms with E-state index in [0.717, 1.165) is 48.6 Å². The summed E-state index contributed by atoms with van der Waals surface area (Å²) < 4.78 is 15.0. The minimum atomic E-state index is -0.263. The molecule has 4 nitrogen and oxygen atoms in total. The number of fused-ring (bicyclic) bond motifs is 1. The van der Waals surface area contributed by atoms with Crippen molar-refractivity contribution in [1.29, 1.82) is 0 Å². The molecule has 1 fully saturated rings. The molecule has 0 unspecified atom stereocenters. The number of rotatable bonds is 3. The molecule has 5 heteroatoms. The van der Waals surface area contributed by atoms with E-state index in [9.17, 15) is 9.18 Å². The lowest BCUT2D eigenvalue weighted by Gasteiger charge is -2.17. The normalized spacial score (nSPS) is 14.5. The molecule has 0 aliphatic carbocycles. The molecule has 0 saturated carbocycles. The number of hydrogen-bond acceptors (Lipinski definition) is 2. The maximum atomic E-state index is 13.1. The molecule has 0 N–H and O–H groups in total. The van der Waals surface area contributed by atoms with Gasteiger partial charge in [-0.2, -0.15) is 0 Å². The summed E-state index contributed by atoms with van der Waals surface area (Å²) in [5.74, 6) is 0.654. The Balaban J connectivity index is 1.65. The predicted molar refractivity (Wildman–Crippen MR) is 90.1 cm³/mol. The Morgan fingerprint density at radius 2 is 1.83 bits per heavy atom. The molecule has 1 aromatic rings. The highest BCUT2D eigenvalue weighted by molar-refractivity contribution is 5.78. The SMILES string of the molecule is O=C(Cn1cccc2cc(-c3ccc(F)cc3)nc1-2)N1CCCC1. The highest BCUT2D eigenvalue weighted by Gasteiger charge is 2.20. The Hall–Kier alpha value is -2.69. The molecular formula is C19H18FN3O. The van der Waals surface area contributed by atoms with Crippen LogP contribution in [0.4, 0.5) is 4.39 Å². The van der Waals surface area contributed by atoms with E-state index in [0.29, 0.717) is 6.54 Å². The molecule has 1 amide bonds. The van der Waals surface area contributed by atoms with Crippen molar-refractivity contribution in [3.63, 3.8) is 0 Å². The van der Waals surface area contributed by atoms with Gasteiger partial charge in [-0.05, 0) is 55.3 Å². The molecule has 0 radical (unpaired) electrons. The summed E-state index contributed by atoms with van der Waals surface area (Å²) in [6.45, 7) is 2.01. The lowest BCUT2D eigenvalue weighted by Crippen LogP contribution is -2.31. The smallest absolute Gasteiger partial charge is 0.242 e. The second kappa shape index (κ2) is 6.07. The number of halogens is 1. The van der Waals surface area contributed by atoms with Crippen LogP contribution in [0, 0.1) is 5.82 Å². The van der Waals surface area contributed by atoms with Crippen molar-refractivity contribution in [2.24, 2.45) is 0 Å². The first-order valence-electron chi connectivity index (χ1n) is 8.20. The zero-order valence-corrected chi connectivity index (χ0v) is 13.3. The van der Waals surface area contributed by atoms with Gasteiger partial charge in [0.25, 0.3) is 0 Å². The average Bonchev–Trinajstić information content (AvgIpc) is 3.25. The topological polar surface area (TPSA) is 38.1 Å². The van der Waals surface area contributed by atoms with Crippen molar-refractivity contribution < 1.29 is 9.18 Å². The minimum absolute atomic E-state index is 0.135. The van der Waals surface area contributed by atoms with E-state index in [1.807, 2.05) is 33.9 Å². The number of aromatic nitrogens is 2. The van der Waals surface area contributed by atoms with Gasteiger partial charge in [0.15, 0.2) is 0 Å². The largest absolute Gasteiger partial charge is 0.341 e. The number of nitrogens with zero attached hydrogens (tertiary/aromatic N) is 3. The molecule has 1 saturated heterocycles. The van der Waals surface area contributed by atoms with Crippen LogP contribution in [0.15, 0.2) is 48.7 Å². The van der Waals surface area contributed by atoms with Crippen molar-refractivity contribution in [3.05, 3.63) is 54.5 Å². The Morgan fingerprint density at radius 3 is 2.58 bits per heavy atom. The first kappa shape index (κ1) is 14.9. The van der Waals surface area contributed by atoms with Crippen molar-refractivity contribution in [2.45, 2.75) is 19.4 Å². The second-order valence-corrected chi connectivity index (χ2v) is 6.15. The number of carbonyl (C=O) groups excluding carboxylic acids is 1. The number of amides is 1. The molecule has 3 heterocycles. The fourth-order valence-electron chi connectivity index (χ4n) is 3.21. The van der Waals surface area contributed by atoms with Gasteiger partial charge in [0.2, 0.25) is 5.91 Å². The Kier molecular flexibility index (Phi) is 3.76. The molecule has 3 aliphatic rings. The van der Waals surface area contributed by atoms with E-state index in [2.05, 4.69) is 4.98 Å². The van der Waals surface area contributed by atoms with Crippen molar-refractivity contribution in [3.8, 4) is 22.6 Å². The van der Waals surface area contributed by atoms with Gasteiger partial charge < -0.3 is 9.47 Å². The van der Waals surface area contributed by atoms with Crippen molar-refractivity contribution in [2.75, 3.05) is 13.1 Å². The quantitative estimate of drug-likeness (QED) is 0.741. The van der Waals surface area contributed by atoms with Crippen LogP contribution in [-0.4, -0.2) is 33.4 Å². The van der Waals surface area contributed by atoms with Gasteiger partial charge in [0.1, 0.15) is 18.2 Å². The molecule has 1 aromatic carbocycles. The van der Waals surface area contributed by atoms with E-state index in [1.165, 1.54) is 12.1 Å². The molecule has 122 valence electrons. The van der Waals surface area contributed by atoms with Gasteiger partial charge >= 0.3 is 0 Å². The third-order valence-electron chi connectivity index (χ3n) is 4.49. The van der Waals surface area contributed by atoms with Crippen LogP contribution in [0.2, 0.25) is 0 Å². The van der Waals surface area contributed by atoms with Crippen LogP contribution in [0.1, 0.15) is 12.8 Å². The van der Waals surface area contributed by atoms with Gasteiger partial charge in [-0.3, -0.25) is 4.79 Å². The van der Waals surface area contributed by atoms with Crippen LogP contribution in [0.3, 0.4) is 0 Å². The van der Waals surface area contributed by atoms with Gasteiger partial charge in [0.05, 0.1) is 5.69 Å². The molecule has 0 bridgehead atoms. The van der Waals surface area contributed by atoms with Crippen LogP contribution in [0.5, 0.6) is 0 Å². The summed E-state index contributed by atoms with van der Waals surface area (Å²) in [6, 6.07) is 12.2. The zero-order valence-electron chi connectivity index (χ0n) is 13.3. The number of pyridine rings is 1. The highest BCUT2D eigenvalue weighted by atomic mass is 19.1. The van der Waals surface area contributed by atoms with Crippen molar-refractivity contribution in [1.82, 2.24) is 14.5 Å². The molecule has 0 aromatic heterocycles. The average molecular weight is 323 g/mol. The summed E-state index contributed by atoms with van der Waals surface area (Å²) in [7, 11) is 0. The van der Waals surface area contributed by atoms with Crippen LogP contribution >= 0.6 is 0 Å². The highest BCUT2D eigenvalue weighted by Crippen LogP contribution is 2.28. The maximum absolute atomic E-state index is 13.1. The van der Waals surface area contributed by atoms with Gasteiger partial charge in [-0.25, -0.2) is 9.37 Å². The van der Waals surface area contributed by atoms with Crippen LogP contribution in [0.25, 0.3) is 22.6 Å². The molecule has 24 heavy (non-hydrogen) atoms. The first-order chi connectivity index (χ1) is 11.7.